The molecule has 0 N–H and O–H groups in total. The third-order valence-corrected chi connectivity index (χ3v) is 2.91. The zero-order valence-electron chi connectivity index (χ0n) is 10.6. The summed E-state index contributed by atoms with van der Waals surface area (Å²) in [5.41, 5.74) is 2.75. The van der Waals surface area contributed by atoms with Crippen molar-refractivity contribution in [2.24, 2.45) is 10.9 Å². The summed E-state index contributed by atoms with van der Waals surface area (Å²) in [6.07, 6.45) is 10.3. The van der Waals surface area contributed by atoms with Crippen molar-refractivity contribution in [1.82, 2.24) is 0 Å². The minimum absolute atomic E-state index is 0.870. The third-order valence-electron chi connectivity index (χ3n) is 2.91. The third kappa shape index (κ3) is 5.76. The summed E-state index contributed by atoms with van der Waals surface area (Å²) in [7, 11) is 0. The zero-order valence-corrected chi connectivity index (χ0v) is 10.6. The van der Waals surface area contributed by atoms with Crippen LogP contribution in [0.1, 0.15) is 59.3 Å². The molecule has 0 aromatic heterocycles. The first-order valence-electron chi connectivity index (χ1n) is 6.39. The Bertz CT molecular complexity index is 236. The molecule has 0 aliphatic carbocycles. The fourth-order valence-electron chi connectivity index (χ4n) is 1.97. The zero-order chi connectivity index (χ0) is 11.1. The number of hydrogen-bond donors (Lipinski definition) is 0. The summed E-state index contributed by atoms with van der Waals surface area (Å²) in [6, 6.07) is 0. The van der Waals surface area contributed by atoms with Crippen LogP contribution in [-0.4, -0.2) is 12.3 Å². The van der Waals surface area contributed by atoms with E-state index in [0.717, 1.165) is 12.5 Å². The van der Waals surface area contributed by atoms with Gasteiger partial charge in [0.1, 0.15) is 0 Å². The van der Waals surface area contributed by atoms with Crippen molar-refractivity contribution < 1.29 is 0 Å². The number of unbranched alkanes of at least 4 members (excludes halogenated alkanes) is 3. The standard InChI is InChI=1S/C14H25N/c1-12(2)8-6-4-5-7-9-14-10-13(3)11-15-14/h10,12H,4-9,11H2,1-3H3. The molecule has 0 bridgehead atoms. The van der Waals surface area contributed by atoms with Crippen LogP contribution in [-0.2, 0) is 0 Å². The van der Waals surface area contributed by atoms with E-state index in [0.29, 0.717) is 0 Å². The first-order valence-corrected chi connectivity index (χ1v) is 6.39. The minimum Gasteiger partial charge on any atom is -0.285 e. The second-order valence-electron chi connectivity index (χ2n) is 5.14. The van der Waals surface area contributed by atoms with Crippen LogP contribution in [0.2, 0.25) is 0 Å². The van der Waals surface area contributed by atoms with Crippen molar-refractivity contribution in [3.8, 4) is 0 Å². The van der Waals surface area contributed by atoms with Crippen molar-refractivity contribution in [3.05, 3.63) is 11.6 Å². The fourth-order valence-corrected chi connectivity index (χ4v) is 1.97. The summed E-state index contributed by atoms with van der Waals surface area (Å²) in [6.45, 7) is 7.73. The van der Waals surface area contributed by atoms with E-state index >= 15 is 0 Å². The van der Waals surface area contributed by atoms with Crippen LogP contribution >= 0.6 is 0 Å². The number of aliphatic imine (C=N–C) groups is 1. The Morgan fingerprint density at radius 1 is 1.20 bits per heavy atom. The molecule has 1 aliphatic rings. The van der Waals surface area contributed by atoms with Gasteiger partial charge in [0, 0.05) is 5.71 Å². The maximum Gasteiger partial charge on any atom is 0.0603 e. The van der Waals surface area contributed by atoms with Gasteiger partial charge in [0.05, 0.1) is 6.54 Å². The van der Waals surface area contributed by atoms with Gasteiger partial charge in [-0.15, -0.1) is 0 Å². The molecule has 0 saturated heterocycles. The predicted octanol–water partition coefficient (Wildman–Crippen LogP) is 4.38. The van der Waals surface area contributed by atoms with Crippen molar-refractivity contribution in [2.45, 2.75) is 59.3 Å². The van der Waals surface area contributed by atoms with Crippen LogP contribution < -0.4 is 0 Å². The predicted molar refractivity (Wildman–Crippen MR) is 68.6 cm³/mol. The van der Waals surface area contributed by atoms with E-state index in [2.05, 4.69) is 31.8 Å². The Kier molecular flexibility index (Phi) is 5.67. The molecule has 86 valence electrons. The van der Waals surface area contributed by atoms with Crippen LogP contribution in [0.4, 0.5) is 0 Å². The van der Waals surface area contributed by atoms with Gasteiger partial charge in [-0.05, 0) is 31.8 Å². The summed E-state index contributed by atoms with van der Waals surface area (Å²) in [4.78, 5) is 4.49. The topological polar surface area (TPSA) is 12.4 Å². The molecule has 0 aromatic carbocycles. The van der Waals surface area contributed by atoms with Crippen molar-refractivity contribution >= 4 is 5.71 Å². The highest BCUT2D eigenvalue weighted by Crippen LogP contribution is 2.13. The summed E-state index contributed by atoms with van der Waals surface area (Å²) in [5, 5.41) is 0. The molecule has 1 rings (SSSR count). The summed E-state index contributed by atoms with van der Waals surface area (Å²) < 4.78 is 0. The van der Waals surface area contributed by atoms with Gasteiger partial charge in [-0.1, -0.05) is 45.1 Å². The Balaban J connectivity index is 1.94. The quantitative estimate of drug-likeness (QED) is 0.549. The van der Waals surface area contributed by atoms with E-state index < -0.39 is 0 Å². The first-order chi connectivity index (χ1) is 7.18. The molecule has 0 aromatic rings. The molecule has 0 saturated carbocycles. The molecule has 1 heteroatoms. The molecular formula is C14H25N. The molecule has 1 nitrogen and oxygen atoms in total. The normalized spacial score (nSPS) is 15.7. The minimum atomic E-state index is 0.870. The number of rotatable bonds is 7. The number of allylic oxidation sites excluding steroid dienone is 1. The second kappa shape index (κ2) is 6.81. The van der Waals surface area contributed by atoms with Crippen molar-refractivity contribution in [1.29, 1.82) is 0 Å². The van der Waals surface area contributed by atoms with E-state index in [4.69, 9.17) is 0 Å². The largest absolute Gasteiger partial charge is 0.285 e. The smallest absolute Gasteiger partial charge is 0.0603 e. The highest BCUT2D eigenvalue weighted by atomic mass is 14.8. The Labute approximate surface area is 94.7 Å². The lowest BCUT2D eigenvalue weighted by Gasteiger charge is -2.03. The van der Waals surface area contributed by atoms with E-state index in [1.54, 1.807) is 0 Å². The molecular weight excluding hydrogens is 182 g/mol. The van der Waals surface area contributed by atoms with Crippen LogP contribution in [0.25, 0.3) is 0 Å². The molecule has 15 heavy (non-hydrogen) atoms. The van der Waals surface area contributed by atoms with Crippen molar-refractivity contribution in [3.63, 3.8) is 0 Å². The van der Waals surface area contributed by atoms with Crippen LogP contribution in [0.5, 0.6) is 0 Å². The lowest BCUT2D eigenvalue weighted by molar-refractivity contribution is 0.522. The van der Waals surface area contributed by atoms with E-state index in [9.17, 15) is 0 Å². The van der Waals surface area contributed by atoms with Gasteiger partial charge in [-0.25, -0.2) is 0 Å². The molecule has 0 atom stereocenters. The van der Waals surface area contributed by atoms with Gasteiger partial charge in [0.2, 0.25) is 0 Å². The average molecular weight is 207 g/mol. The molecule has 0 spiro atoms. The van der Waals surface area contributed by atoms with Crippen LogP contribution in [0.15, 0.2) is 16.6 Å². The van der Waals surface area contributed by atoms with E-state index in [1.165, 1.54) is 49.8 Å². The number of nitrogens with zero attached hydrogens (tertiary/aromatic N) is 1. The van der Waals surface area contributed by atoms with Gasteiger partial charge in [-0.2, -0.15) is 0 Å². The monoisotopic (exact) mass is 207 g/mol. The highest BCUT2D eigenvalue weighted by molar-refractivity contribution is 5.97. The van der Waals surface area contributed by atoms with Crippen LogP contribution in [0.3, 0.4) is 0 Å². The lowest BCUT2D eigenvalue weighted by atomic mass is 10.0. The molecule has 1 aliphatic heterocycles. The van der Waals surface area contributed by atoms with E-state index in [1.807, 2.05) is 0 Å². The summed E-state index contributed by atoms with van der Waals surface area (Å²) >= 11 is 0. The SMILES string of the molecule is CC1=CC(CCCCCCC(C)C)=NC1. The van der Waals surface area contributed by atoms with E-state index in [-0.39, 0.29) is 0 Å². The first kappa shape index (κ1) is 12.5. The van der Waals surface area contributed by atoms with Gasteiger partial charge < -0.3 is 0 Å². The van der Waals surface area contributed by atoms with Gasteiger partial charge in [0.15, 0.2) is 0 Å². The van der Waals surface area contributed by atoms with Gasteiger partial charge >= 0.3 is 0 Å². The molecule has 1 heterocycles. The maximum absolute atomic E-state index is 4.49. The highest BCUT2D eigenvalue weighted by Gasteiger charge is 2.03. The second-order valence-corrected chi connectivity index (χ2v) is 5.14. The Morgan fingerprint density at radius 2 is 1.93 bits per heavy atom. The summed E-state index contributed by atoms with van der Waals surface area (Å²) in [5.74, 6) is 0.870. The molecule has 0 unspecified atom stereocenters. The Hall–Kier alpha value is -0.590. The average Bonchev–Trinajstić information content (AvgIpc) is 2.57. The van der Waals surface area contributed by atoms with Gasteiger partial charge in [-0.3, -0.25) is 4.99 Å². The molecule has 0 amide bonds. The van der Waals surface area contributed by atoms with Crippen LogP contribution in [0, 0.1) is 5.92 Å². The molecule has 0 radical (unpaired) electrons. The Morgan fingerprint density at radius 3 is 2.53 bits per heavy atom. The van der Waals surface area contributed by atoms with Crippen molar-refractivity contribution in [2.75, 3.05) is 6.54 Å². The number of hydrogen-bond acceptors (Lipinski definition) is 1. The van der Waals surface area contributed by atoms with Gasteiger partial charge in [0.25, 0.3) is 0 Å². The maximum atomic E-state index is 4.49. The fraction of sp³-hybridized carbons (Fsp3) is 0.786. The molecule has 0 fully saturated rings. The lowest BCUT2D eigenvalue weighted by Crippen LogP contribution is -1.91.